The maximum atomic E-state index is 12.9. The number of carbonyl (C=O) groups is 1. The summed E-state index contributed by atoms with van der Waals surface area (Å²) in [6.07, 6.45) is 5.53. The van der Waals surface area contributed by atoms with E-state index in [1.807, 2.05) is 12.3 Å². The summed E-state index contributed by atoms with van der Waals surface area (Å²) in [5.74, 6) is -0.0281. The molecule has 0 radical (unpaired) electrons. The average molecular weight is 380 g/mol. The van der Waals surface area contributed by atoms with Gasteiger partial charge in [-0.3, -0.25) is 19.6 Å². The normalized spacial score (nSPS) is 15.7. The number of rotatable bonds is 6. The molecule has 0 spiro atoms. The molecule has 8 nitrogen and oxygen atoms in total. The predicted octanol–water partition coefficient (Wildman–Crippen LogP) is 1.65. The van der Waals surface area contributed by atoms with Gasteiger partial charge in [-0.05, 0) is 44.0 Å². The van der Waals surface area contributed by atoms with Gasteiger partial charge in [0.15, 0.2) is 0 Å². The van der Waals surface area contributed by atoms with Crippen LogP contribution in [-0.2, 0) is 16.8 Å². The van der Waals surface area contributed by atoms with Crippen molar-refractivity contribution in [3.8, 4) is 0 Å². The van der Waals surface area contributed by atoms with E-state index in [0.717, 1.165) is 18.7 Å². The van der Waals surface area contributed by atoms with E-state index >= 15 is 0 Å². The van der Waals surface area contributed by atoms with Crippen LogP contribution in [0.2, 0.25) is 0 Å². The number of non-ortho nitro benzene ring substituents is 1. The number of nitrogens with zero attached hydrogens (tertiary/aromatic N) is 3. The number of aromatic nitrogens is 2. The second-order valence-corrected chi connectivity index (χ2v) is 6.16. The highest BCUT2D eigenvalue weighted by Gasteiger charge is 2.41. The molecule has 1 amide bonds. The number of benzene rings is 1. The van der Waals surface area contributed by atoms with E-state index < -0.39 is 10.5 Å². The van der Waals surface area contributed by atoms with E-state index in [1.54, 1.807) is 23.0 Å². The van der Waals surface area contributed by atoms with Gasteiger partial charge in [-0.1, -0.05) is 12.1 Å². The van der Waals surface area contributed by atoms with Crippen LogP contribution in [0.5, 0.6) is 0 Å². The minimum Gasteiger partial charge on any atom is -0.354 e. The number of nitrogens with one attached hydrogen (secondary N) is 2. The molecular weight excluding hydrogens is 358 g/mol. The second-order valence-electron chi connectivity index (χ2n) is 6.16. The maximum absolute atomic E-state index is 12.9. The van der Waals surface area contributed by atoms with Crippen LogP contribution in [0.25, 0.3) is 0 Å². The molecular formula is C17H22ClN5O3. The van der Waals surface area contributed by atoms with Gasteiger partial charge in [0.25, 0.3) is 5.69 Å². The van der Waals surface area contributed by atoms with Crippen molar-refractivity contribution in [2.75, 3.05) is 19.6 Å². The molecule has 3 rings (SSSR count). The molecule has 1 aromatic heterocycles. The summed E-state index contributed by atoms with van der Waals surface area (Å²) in [6, 6.07) is 8.23. The summed E-state index contributed by atoms with van der Waals surface area (Å²) in [6.45, 7) is 2.03. The molecule has 1 aromatic carbocycles. The molecule has 1 fully saturated rings. The Labute approximate surface area is 157 Å². The predicted molar refractivity (Wildman–Crippen MR) is 99.4 cm³/mol. The van der Waals surface area contributed by atoms with Crippen LogP contribution in [0.4, 0.5) is 5.69 Å². The Hall–Kier alpha value is -2.45. The highest BCUT2D eigenvalue weighted by Crippen LogP contribution is 2.27. The van der Waals surface area contributed by atoms with Gasteiger partial charge < -0.3 is 10.6 Å². The lowest BCUT2D eigenvalue weighted by molar-refractivity contribution is -0.384. The number of amides is 1. The maximum Gasteiger partial charge on any atom is 0.269 e. The summed E-state index contributed by atoms with van der Waals surface area (Å²) < 4.78 is 1.76. The first kappa shape index (κ1) is 19.9. The first-order valence-electron chi connectivity index (χ1n) is 8.34. The Balaban J connectivity index is 0.00000243. The fourth-order valence-corrected chi connectivity index (χ4v) is 3.19. The first-order valence-corrected chi connectivity index (χ1v) is 8.34. The van der Waals surface area contributed by atoms with E-state index in [1.165, 1.54) is 12.1 Å². The molecule has 2 heterocycles. The van der Waals surface area contributed by atoms with Crippen molar-refractivity contribution in [2.45, 2.75) is 24.8 Å². The standard InChI is InChI=1S/C17H21N5O3.ClH/c23-16(17(7-11-18-12-8-17)21-13-1-9-20-21)19-10-6-14-2-4-15(5-3-14)22(24)25;/h1-5,9,13,18H,6-8,10-12H2,(H,19,23);1H. The monoisotopic (exact) mass is 379 g/mol. The van der Waals surface area contributed by atoms with Crippen molar-refractivity contribution in [3.63, 3.8) is 0 Å². The van der Waals surface area contributed by atoms with Crippen molar-refractivity contribution in [1.29, 1.82) is 0 Å². The van der Waals surface area contributed by atoms with Crippen molar-refractivity contribution in [3.05, 3.63) is 58.4 Å². The lowest BCUT2D eigenvalue weighted by Gasteiger charge is -2.36. The van der Waals surface area contributed by atoms with Crippen molar-refractivity contribution in [2.24, 2.45) is 0 Å². The van der Waals surface area contributed by atoms with Gasteiger partial charge in [0, 0.05) is 31.1 Å². The molecule has 2 aromatic rings. The van der Waals surface area contributed by atoms with Gasteiger partial charge in [-0.15, -0.1) is 12.4 Å². The first-order chi connectivity index (χ1) is 12.1. The van der Waals surface area contributed by atoms with Crippen molar-refractivity contribution < 1.29 is 9.72 Å². The number of nitro groups is 1. The summed E-state index contributed by atoms with van der Waals surface area (Å²) >= 11 is 0. The zero-order valence-electron chi connectivity index (χ0n) is 14.3. The molecule has 0 saturated carbocycles. The Morgan fingerprint density at radius 1 is 1.31 bits per heavy atom. The Kier molecular flexibility index (Phi) is 6.70. The van der Waals surface area contributed by atoms with Gasteiger partial charge in [0.1, 0.15) is 5.54 Å². The molecule has 26 heavy (non-hydrogen) atoms. The topological polar surface area (TPSA) is 102 Å². The molecule has 9 heteroatoms. The number of hydrogen-bond donors (Lipinski definition) is 2. The largest absolute Gasteiger partial charge is 0.354 e. The van der Waals surface area contributed by atoms with Crippen LogP contribution >= 0.6 is 12.4 Å². The van der Waals surface area contributed by atoms with E-state index in [0.29, 0.717) is 25.8 Å². The van der Waals surface area contributed by atoms with Gasteiger partial charge in [0.05, 0.1) is 4.92 Å². The number of piperidine rings is 1. The Morgan fingerprint density at radius 3 is 2.58 bits per heavy atom. The number of hydrogen-bond acceptors (Lipinski definition) is 5. The van der Waals surface area contributed by atoms with E-state index in [-0.39, 0.29) is 24.0 Å². The van der Waals surface area contributed by atoms with Gasteiger partial charge in [-0.25, -0.2) is 0 Å². The van der Waals surface area contributed by atoms with E-state index in [4.69, 9.17) is 0 Å². The van der Waals surface area contributed by atoms with Crippen molar-refractivity contribution >= 4 is 24.0 Å². The summed E-state index contributed by atoms with van der Waals surface area (Å²) in [5.41, 5.74) is 0.369. The van der Waals surface area contributed by atoms with Gasteiger partial charge in [-0.2, -0.15) is 5.10 Å². The highest BCUT2D eigenvalue weighted by atomic mass is 35.5. The Morgan fingerprint density at radius 2 is 2.00 bits per heavy atom. The smallest absolute Gasteiger partial charge is 0.269 e. The van der Waals surface area contributed by atoms with Crippen LogP contribution in [-0.4, -0.2) is 40.2 Å². The molecule has 140 valence electrons. The molecule has 0 unspecified atom stereocenters. The zero-order chi connectivity index (χ0) is 17.7. The number of nitro benzene ring substituents is 1. The fourth-order valence-electron chi connectivity index (χ4n) is 3.19. The van der Waals surface area contributed by atoms with E-state index in [2.05, 4.69) is 15.7 Å². The third kappa shape index (κ3) is 4.20. The van der Waals surface area contributed by atoms with Crippen LogP contribution in [0.15, 0.2) is 42.7 Å². The number of halogens is 1. The molecule has 1 saturated heterocycles. The lowest BCUT2D eigenvalue weighted by atomic mass is 9.87. The third-order valence-electron chi connectivity index (χ3n) is 4.64. The zero-order valence-corrected chi connectivity index (χ0v) is 15.1. The van der Waals surface area contributed by atoms with E-state index in [9.17, 15) is 14.9 Å². The Bertz CT molecular complexity index is 727. The van der Waals surface area contributed by atoms with Crippen LogP contribution < -0.4 is 10.6 Å². The van der Waals surface area contributed by atoms with Crippen LogP contribution in [0, 0.1) is 10.1 Å². The molecule has 1 aliphatic heterocycles. The lowest BCUT2D eigenvalue weighted by Crippen LogP contribution is -2.54. The summed E-state index contributed by atoms with van der Waals surface area (Å²) in [7, 11) is 0. The number of carbonyl (C=O) groups excluding carboxylic acids is 1. The third-order valence-corrected chi connectivity index (χ3v) is 4.64. The fraction of sp³-hybridized carbons (Fsp3) is 0.412. The molecule has 0 bridgehead atoms. The van der Waals surface area contributed by atoms with Crippen LogP contribution in [0.1, 0.15) is 18.4 Å². The average Bonchev–Trinajstić information content (AvgIpc) is 3.18. The summed E-state index contributed by atoms with van der Waals surface area (Å²) in [4.78, 5) is 23.1. The molecule has 0 aliphatic carbocycles. The van der Waals surface area contributed by atoms with Gasteiger partial charge in [0.2, 0.25) is 5.91 Å². The molecule has 2 N–H and O–H groups in total. The van der Waals surface area contributed by atoms with Crippen molar-refractivity contribution in [1.82, 2.24) is 20.4 Å². The second kappa shape index (κ2) is 8.77. The quantitative estimate of drug-likeness (QED) is 0.587. The SMILES string of the molecule is Cl.O=C(NCCc1ccc([N+](=O)[O-])cc1)C1(n2cccn2)CCNCC1. The van der Waals surface area contributed by atoms with Crippen LogP contribution in [0.3, 0.4) is 0 Å². The summed E-state index contributed by atoms with van der Waals surface area (Å²) in [5, 5.41) is 21.2. The highest BCUT2D eigenvalue weighted by molar-refractivity contribution is 5.85. The molecule has 1 aliphatic rings. The minimum absolute atomic E-state index is 0. The van der Waals surface area contributed by atoms with Gasteiger partial charge >= 0.3 is 0 Å². The minimum atomic E-state index is -0.649. The molecule has 0 atom stereocenters.